The molecule has 0 aliphatic heterocycles. The van der Waals surface area contributed by atoms with Crippen LogP contribution >= 0.6 is 11.3 Å². The minimum absolute atomic E-state index is 0.498. The minimum Gasteiger partial charge on any atom is -0.364 e. The lowest BCUT2D eigenvalue weighted by molar-refractivity contribution is 0.425. The predicted molar refractivity (Wildman–Crippen MR) is 76.4 cm³/mol. The average molecular weight is 287 g/mol. The van der Waals surface area contributed by atoms with E-state index >= 15 is 0 Å². The quantitative estimate of drug-likeness (QED) is 0.795. The lowest BCUT2D eigenvalue weighted by Gasteiger charge is -2.04. The van der Waals surface area contributed by atoms with Crippen LogP contribution in [-0.2, 0) is 6.54 Å². The Morgan fingerprint density at radius 1 is 1.30 bits per heavy atom. The molecule has 0 fully saturated rings. The fourth-order valence-electron chi connectivity index (χ4n) is 1.75. The first kappa shape index (κ1) is 12.7. The first-order chi connectivity index (χ1) is 9.70. The van der Waals surface area contributed by atoms with E-state index in [4.69, 9.17) is 4.52 Å². The van der Waals surface area contributed by atoms with E-state index in [1.165, 1.54) is 0 Å². The van der Waals surface area contributed by atoms with Crippen LogP contribution in [0.25, 0.3) is 11.5 Å². The molecule has 0 bridgehead atoms. The zero-order valence-electron chi connectivity index (χ0n) is 11.1. The third-order valence-corrected chi connectivity index (χ3v) is 3.47. The molecule has 3 heterocycles. The first-order valence-electron chi connectivity index (χ1n) is 6.12. The Labute approximate surface area is 119 Å². The number of nitrogens with zero attached hydrogens (tertiary/aromatic N) is 4. The molecule has 6 nitrogen and oxygen atoms in total. The van der Waals surface area contributed by atoms with Gasteiger partial charge in [0.2, 0.25) is 0 Å². The maximum Gasteiger partial charge on any atom is 0.258 e. The Bertz CT molecular complexity index is 721. The van der Waals surface area contributed by atoms with E-state index < -0.39 is 0 Å². The van der Waals surface area contributed by atoms with Gasteiger partial charge in [0.15, 0.2) is 5.82 Å². The number of hydrogen-bond donors (Lipinski definition) is 1. The SMILES string of the molecule is Cc1noc(-c2ccnc(NCc3csc(C)n3)c2)n1. The van der Waals surface area contributed by atoms with Crippen molar-refractivity contribution >= 4 is 17.2 Å². The maximum absolute atomic E-state index is 5.14. The summed E-state index contributed by atoms with van der Waals surface area (Å²) in [5, 5.41) is 10.1. The van der Waals surface area contributed by atoms with Crippen molar-refractivity contribution in [2.75, 3.05) is 5.32 Å². The Morgan fingerprint density at radius 3 is 2.90 bits per heavy atom. The molecule has 20 heavy (non-hydrogen) atoms. The molecule has 0 radical (unpaired) electrons. The van der Waals surface area contributed by atoms with Crippen LogP contribution in [0.4, 0.5) is 5.82 Å². The van der Waals surface area contributed by atoms with Crippen molar-refractivity contribution in [2.24, 2.45) is 0 Å². The number of pyridine rings is 1. The standard InChI is InChI=1S/C13H13N5OS/c1-8-16-13(19-18-8)10-3-4-14-12(5-10)15-6-11-7-20-9(2)17-11/h3-5,7H,6H2,1-2H3,(H,14,15). The highest BCUT2D eigenvalue weighted by Gasteiger charge is 2.07. The summed E-state index contributed by atoms with van der Waals surface area (Å²) in [6.45, 7) is 4.42. The van der Waals surface area contributed by atoms with Gasteiger partial charge in [0.1, 0.15) is 5.82 Å². The highest BCUT2D eigenvalue weighted by Crippen LogP contribution is 2.19. The molecule has 0 unspecified atom stereocenters. The third-order valence-electron chi connectivity index (χ3n) is 2.65. The normalized spacial score (nSPS) is 10.7. The Kier molecular flexibility index (Phi) is 3.42. The fourth-order valence-corrected chi connectivity index (χ4v) is 2.36. The summed E-state index contributed by atoms with van der Waals surface area (Å²) in [6.07, 6.45) is 1.71. The lowest BCUT2D eigenvalue weighted by atomic mass is 10.2. The van der Waals surface area contributed by atoms with Crippen LogP contribution in [0.5, 0.6) is 0 Å². The van der Waals surface area contributed by atoms with Crippen molar-refractivity contribution in [1.29, 1.82) is 0 Å². The molecule has 0 saturated carbocycles. The van der Waals surface area contributed by atoms with E-state index in [1.54, 1.807) is 24.5 Å². The molecule has 0 aliphatic carbocycles. The van der Waals surface area contributed by atoms with Gasteiger partial charge in [-0.25, -0.2) is 9.97 Å². The Morgan fingerprint density at radius 2 is 2.20 bits per heavy atom. The van der Waals surface area contributed by atoms with Gasteiger partial charge in [-0.3, -0.25) is 0 Å². The van der Waals surface area contributed by atoms with Gasteiger partial charge in [-0.1, -0.05) is 5.16 Å². The molecule has 0 aromatic carbocycles. The molecule has 0 amide bonds. The summed E-state index contributed by atoms with van der Waals surface area (Å²) in [6, 6.07) is 3.72. The fraction of sp³-hybridized carbons (Fsp3) is 0.231. The van der Waals surface area contributed by atoms with Gasteiger partial charge < -0.3 is 9.84 Å². The van der Waals surface area contributed by atoms with Gasteiger partial charge in [-0.2, -0.15) is 4.98 Å². The summed E-state index contributed by atoms with van der Waals surface area (Å²) in [7, 11) is 0. The summed E-state index contributed by atoms with van der Waals surface area (Å²) in [5.41, 5.74) is 1.85. The number of nitrogens with one attached hydrogen (secondary N) is 1. The van der Waals surface area contributed by atoms with E-state index in [-0.39, 0.29) is 0 Å². The van der Waals surface area contributed by atoms with Crippen LogP contribution < -0.4 is 5.32 Å². The van der Waals surface area contributed by atoms with Crippen molar-refractivity contribution in [3.05, 3.63) is 40.2 Å². The summed E-state index contributed by atoms with van der Waals surface area (Å²) < 4.78 is 5.14. The van der Waals surface area contributed by atoms with Gasteiger partial charge in [-0.05, 0) is 26.0 Å². The molecule has 3 aromatic heterocycles. The number of aromatic nitrogens is 4. The predicted octanol–water partition coefficient (Wildman–Crippen LogP) is 2.82. The maximum atomic E-state index is 5.14. The van der Waals surface area contributed by atoms with Crippen LogP contribution in [0.2, 0.25) is 0 Å². The average Bonchev–Trinajstić information content (AvgIpc) is 3.06. The zero-order chi connectivity index (χ0) is 13.9. The monoisotopic (exact) mass is 287 g/mol. The van der Waals surface area contributed by atoms with Crippen molar-refractivity contribution in [3.8, 4) is 11.5 Å². The molecule has 0 saturated heterocycles. The molecule has 3 rings (SSSR count). The molecule has 0 aliphatic rings. The third kappa shape index (κ3) is 2.83. The van der Waals surface area contributed by atoms with Gasteiger partial charge in [0.05, 0.1) is 17.2 Å². The molecule has 0 spiro atoms. The van der Waals surface area contributed by atoms with E-state index in [0.29, 0.717) is 18.3 Å². The molecule has 3 aromatic rings. The smallest absolute Gasteiger partial charge is 0.258 e. The van der Waals surface area contributed by atoms with Crippen molar-refractivity contribution in [3.63, 3.8) is 0 Å². The van der Waals surface area contributed by atoms with Crippen molar-refractivity contribution in [1.82, 2.24) is 20.1 Å². The molecular weight excluding hydrogens is 274 g/mol. The van der Waals surface area contributed by atoms with E-state index in [1.807, 2.05) is 24.4 Å². The van der Waals surface area contributed by atoms with Gasteiger partial charge in [-0.15, -0.1) is 11.3 Å². The summed E-state index contributed by atoms with van der Waals surface area (Å²) >= 11 is 1.64. The summed E-state index contributed by atoms with van der Waals surface area (Å²) in [4.78, 5) is 12.9. The summed E-state index contributed by atoms with van der Waals surface area (Å²) in [5.74, 6) is 1.87. The number of aryl methyl sites for hydroxylation is 2. The highest BCUT2D eigenvalue weighted by molar-refractivity contribution is 7.09. The second kappa shape index (κ2) is 5.38. The van der Waals surface area contributed by atoms with Crippen LogP contribution in [0.15, 0.2) is 28.2 Å². The Hall–Kier alpha value is -2.28. The highest BCUT2D eigenvalue weighted by atomic mass is 32.1. The number of rotatable bonds is 4. The van der Waals surface area contributed by atoms with E-state index in [0.717, 1.165) is 22.1 Å². The van der Waals surface area contributed by atoms with Crippen LogP contribution in [0.1, 0.15) is 16.5 Å². The van der Waals surface area contributed by atoms with Gasteiger partial charge in [0.25, 0.3) is 5.89 Å². The molecule has 0 atom stereocenters. The topological polar surface area (TPSA) is 76.7 Å². The lowest BCUT2D eigenvalue weighted by Crippen LogP contribution is -2.01. The van der Waals surface area contributed by atoms with Crippen molar-refractivity contribution < 1.29 is 4.52 Å². The molecule has 1 N–H and O–H groups in total. The van der Waals surface area contributed by atoms with Gasteiger partial charge >= 0.3 is 0 Å². The molecule has 102 valence electrons. The number of thiazole rings is 1. The van der Waals surface area contributed by atoms with Crippen LogP contribution in [0.3, 0.4) is 0 Å². The Balaban J connectivity index is 1.74. The second-order valence-electron chi connectivity index (χ2n) is 4.29. The second-order valence-corrected chi connectivity index (χ2v) is 5.35. The largest absolute Gasteiger partial charge is 0.364 e. The number of hydrogen-bond acceptors (Lipinski definition) is 7. The number of anilines is 1. The zero-order valence-corrected chi connectivity index (χ0v) is 11.9. The van der Waals surface area contributed by atoms with E-state index in [2.05, 4.69) is 25.4 Å². The molecular formula is C13H13N5OS. The van der Waals surface area contributed by atoms with Gasteiger partial charge in [0, 0.05) is 17.1 Å². The van der Waals surface area contributed by atoms with Crippen molar-refractivity contribution in [2.45, 2.75) is 20.4 Å². The van der Waals surface area contributed by atoms with Crippen LogP contribution in [-0.4, -0.2) is 20.1 Å². The molecule has 7 heteroatoms. The minimum atomic E-state index is 0.498. The van der Waals surface area contributed by atoms with Crippen LogP contribution in [0, 0.1) is 13.8 Å². The first-order valence-corrected chi connectivity index (χ1v) is 7.00. The van der Waals surface area contributed by atoms with E-state index in [9.17, 15) is 0 Å².